The zero-order valence-electron chi connectivity index (χ0n) is 17.4. The molecule has 1 fully saturated rings. The molecule has 0 radical (unpaired) electrons. The molecular formula is C24H29ClN2O3. The van der Waals surface area contributed by atoms with Gasteiger partial charge in [-0.15, -0.1) is 0 Å². The van der Waals surface area contributed by atoms with E-state index >= 15 is 0 Å². The second-order valence-electron chi connectivity index (χ2n) is 7.69. The fraction of sp³-hybridized carbons (Fsp3) is 0.417. The standard InChI is InChI=1S/C24H29ClN2O3/c1-18(24(29)26-16-22-8-5-15-30-22)27(17-20-9-12-21(25)13-10-20)23(28)14-11-19-6-3-2-4-7-19/h2-4,6-7,9-10,12-13,18,22H,5,8,11,14-17H2,1H3,(H,26,29)/t18-,22+/m1/s1. The number of nitrogens with one attached hydrogen (secondary N) is 1. The number of aryl methyl sites for hydroxylation is 1. The van der Waals surface area contributed by atoms with Crippen molar-refractivity contribution < 1.29 is 14.3 Å². The van der Waals surface area contributed by atoms with Crippen molar-refractivity contribution in [2.45, 2.75) is 51.3 Å². The molecule has 0 bridgehead atoms. The molecule has 6 heteroatoms. The molecule has 0 aromatic heterocycles. The summed E-state index contributed by atoms with van der Waals surface area (Å²) >= 11 is 5.99. The fourth-order valence-corrected chi connectivity index (χ4v) is 3.70. The molecule has 160 valence electrons. The molecule has 1 aliphatic rings. The molecule has 0 aliphatic carbocycles. The van der Waals surface area contributed by atoms with Crippen LogP contribution < -0.4 is 5.32 Å². The van der Waals surface area contributed by atoms with E-state index in [4.69, 9.17) is 16.3 Å². The van der Waals surface area contributed by atoms with Crippen molar-refractivity contribution in [2.24, 2.45) is 0 Å². The molecule has 1 saturated heterocycles. The Bertz CT molecular complexity index is 820. The van der Waals surface area contributed by atoms with E-state index in [1.165, 1.54) is 0 Å². The van der Waals surface area contributed by atoms with Crippen LogP contribution in [0, 0.1) is 0 Å². The molecule has 0 unspecified atom stereocenters. The lowest BCUT2D eigenvalue weighted by Crippen LogP contribution is -2.49. The first-order chi connectivity index (χ1) is 14.5. The van der Waals surface area contributed by atoms with Crippen molar-refractivity contribution in [1.82, 2.24) is 10.2 Å². The Balaban J connectivity index is 1.65. The minimum Gasteiger partial charge on any atom is -0.376 e. The van der Waals surface area contributed by atoms with Crippen molar-refractivity contribution in [2.75, 3.05) is 13.2 Å². The number of hydrogen-bond donors (Lipinski definition) is 1. The number of nitrogens with zero attached hydrogens (tertiary/aromatic N) is 1. The molecule has 5 nitrogen and oxygen atoms in total. The minimum absolute atomic E-state index is 0.0476. The Morgan fingerprint density at radius 2 is 1.87 bits per heavy atom. The summed E-state index contributed by atoms with van der Waals surface area (Å²) in [6, 6.07) is 16.7. The Hall–Kier alpha value is -2.37. The van der Waals surface area contributed by atoms with Crippen molar-refractivity contribution in [3.05, 3.63) is 70.7 Å². The number of hydrogen-bond acceptors (Lipinski definition) is 3. The van der Waals surface area contributed by atoms with Gasteiger partial charge < -0.3 is 15.0 Å². The van der Waals surface area contributed by atoms with E-state index in [1.807, 2.05) is 42.5 Å². The maximum Gasteiger partial charge on any atom is 0.242 e. The van der Waals surface area contributed by atoms with Crippen molar-refractivity contribution in [1.29, 1.82) is 0 Å². The largest absolute Gasteiger partial charge is 0.376 e. The van der Waals surface area contributed by atoms with Crippen LogP contribution in [0.3, 0.4) is 0 Å². The van der Waals surface area contributed by atoms with Gasteiger partial charge in [0.1, 0.15) is 6.04 Å². The molecule has 0 saturated carbocycles. The number of carbonyl (C=O) groups excluding carboxylic acids is 2. The van der Waals surface area contributed by atoms with Gasteiger partial charge in [0.2, 0.25) is 11.8 Å². The lowest BCUT2D eigenvalue weighted by atomic mass is 10.1. The third kappa shape index (κ3) is 6.57. The van der Waals surface area contributed by atoms with Crippen molar-refractivity contribution in [3.63, 3.8) is 0 Å². The van der Waals surface area contributed by atoms with Crippen LogP contribution in [0.5, 0.6) is 0 Å². The predicted molar refractivity (Wildman–Crippen MR) is 118 cm³/mol. The number of benzene rings is 2. The zero-order chi connectivity index (χ0) is 21.3. The molecule has 2 amide bonds. The third-order valence-electron chi connectivity index (χ3n) is 5.43. The highest BCUT2D eigenvalue weighted by Crippen LogP contribution is 2.16. The van der Waals surface area contributed by atoms with E-state index in [1.54, 1.807) is 24.0 Å². The van der Waals surface area contributed by atoms with Gasteiger partial charge in [-0.2, -0.15) is 0 Å². The smallest absolute Gasteiger partial charge is 0.242 e. The maximum atomic E-state index is 13.1. The first-order valence-electron chi connectivity index (χ1n) is 10.5. The molecule has 30 heavy (non-hydrogen) atoms. The van der Waals surface area contributed by atoms with Gasteiger partial charge in [-0.25, -0.2) is 0 Å². The van der Waals surface area contributed by atoms with Crippen molar-refractivity contribution in [3.8, 4) is 0 Å². The van der Waals surface area contributed by atoms with E-state index in [9.17, 15) is 9.59 Å². The molecule has 2 aromatic rings. The number of amides is 2. The zero-order valence-corrected chi connectivity index (χ0v) is 18.1. The summed E-state index contributed by atoms with van der Waals surface area (Å²) in [5.74, 6) is -0.207. The normalized spacial score (nSPS) is 16.8. The van der Waals surface area contributed by atoms with E-state index in [2.05, 4.69) is 5.32 Å². The Morgan fingerprint density at radius 3 is 2.53 bits per heavy atom. The minimum atomic E-state index is -0.578. The monoisotopic (exact) mass is 428 g/mol. The second kappa shape index (κ2) is 11.1. The molecule has 2 atom stereocenters. The van der Waals surface area contributed by atoms with Crippen LogP contribution in [-0.4, -0.2) is 42.0 Å². The molecule has 1 aliphatic heterocycles. The van der Waals surface area contributed by atoms with E-state index < -0.39 is 6.04 Å². The second-order valence-corrected chi connectivity index (χ2v) is 8.13. The van der Waals surface area contributed by atoms with Crippen LogP contribution in [-0.2, 0) is 27.3 Å². The lowest BCUT2D eigenvalue weighted by Gasteiger charge is -2.29. The molecular weight excluding hydrogens is 400 g/mol. The number of carbonyl (C=O) groups is 2. The third-order valence-corrected chi connectivity index (χ3v) is 5.68. The van der Waals surface area contributed by atoms with Gasteiger partial charge >= 0.3 is 0 Å². The predicted octanol–water partition coefficient (Wildman–Crippen LogP) is 3.99. The molecule has 0 spiro atoms. The number of rotatable bonds is 9. The van der Waals surface area contributed by atoms with Gasteiger partial charge in [-0.3, -0.25) is 9.59 Å². The Morgan fingerprint density at radius 1 is 1.13 bits per heavy atom. The highest BCUT2D eigenvalue weighted by atomic mass is 35.5. The van der Waals surface area contributed by atoms with Gasteiger partial charge in [-0.1, -0.05) is 54.1 Å². The first kappa shape index (κ1) is 22.3. The summed E-state index contributed by atoms with van der Waals surface area (Å²) in [6.07, 6.45) is 3.04. The van der Waals surface area contributed by atoms with Crippen LogP contribution in [0.2, 0.25) is 5.02 Å². The van der Waals surface area contributed by atoms with Crippen LogP contribution in [0.1, 0.15) is 37.3 Å². The summed E-state index contributed by atoms with van der Waals surface area (Å²) in [4.78, 5) is 27.5. The number of ether oxygens (including phenoxy) is 1. The van der Waals surface area contributed by atoms with Gasteiger partial charge in [0.15, 0.2) is 0 Å². The van der Waals surface area contributed by atoms with Gasteiger partial charge in [0, 0.05) is 31.1 Å². The summed E-state index contributed by atoms with van der Waals surface area (Å²) in [5.41, 5.74) is 2.04. The average molecular weight is 429 g/mol. The lowest BCUT2D eigenvalue weighted by molar-refractivity contribution is -0.140. The van der Waals surface area contributed by atoms with Crippen LogP contribution >= 0.6 is 11.6 Å². The Kier molecular flexibility index (Phi) is 8.29. The molecule has 1 heterocycles. The summed E-state index contributed by atoms with van der Waals surface area (Å²) in [7, 11) is 0. The molecule has 2 aromatic carbocycles. The highest BCUT2D eigenvalue weighted by molar-refractivity contribution is 6.30. The molecule has 1 N–H and O–H groups in total. The maximum absolute atomic E-state index is 13.1. The van der Waals surface area contributed by atoms with Crippen LogP contribution in [0.15, 0.2) is 54.6 Å². The summed E-state index contributed by atoms with van der Waals surface area (Å²) in [6.45, 7) is 3.37. The Labute approximate surface area is 183 Å². The van der Waals surface area contributed by atoms with E-state index in [0.717, 1.165) is 30.6 Å². The fourth-order valence-electron chi connectivity index (χ4n) is 3.58. The quantitative estimate of drug-likeness (QED) is 0.657. The average Bonchev–Trinajstić information content (AvgIpc) is 3.29. The molecule has 3 rings (SSSR count). The van der Waals surface area contributed by atoms with Gasteiger partial charge in [0.25, 0.3) is 0 Å². The summed E-state index contributed by atoms with van der Waals surface area (Å²) in [5, 5.41) is 3.59. The van der Waals surface area contributed by atoms with Gasteiger partial charge in [0.05, 0.1) is 6.10 Å². The van der Waals surface area contributed by atoms with Gasteiger partial charge in [-0.05, 0) is 49.4 Å². The summed E-state index contributed by atoms with van der Waals surface area (Å²) < 4.78 is 5.58. The van der Waals surface area contributed by atoms with Crippen LogP contribution in [0.25, 0.3) is 0 Å². The highest BCUT2D eigenvalue weighted by Gasteiger charge is 2.27. The van der Waals surface area contributed by atoms with Crippen LogP contribution in [0.4, 0.5) is 0 Å². The SMILES string of the molecule is C[C@H](C(=O)NC[C@@H]1CCCO1)N(Cc1ccc(Cl)cc1)C(=O)CCc1ccccc1. The van der Waals surface area contributed by atoms with Crippen molar-refractivity contribution >= 4 is 23.4 Å². The topological polar surface area (TPSA) is 58.6 Å². The van der Waals surface area contributed by atoms with E-state index in [0.29, 0.717) is 31.0 Å². The van der Waals surface area contributed by atoms with E-state index in [-0.39, 0.29) is 17.9 Å². The number of halogens is 1. The first-order valence-corrected chi connectivity index (χ1v) is 10.9.